The van der Waals surface area contributed by atoms with Gasteiger partial charge in [-0.3, -0.25) is 0 Å². The molecule has 0 unspecified atom stereocenters. The summed E-state index contributed by atoms with van der Waals surface area (Å²) in [5, 5.41) is 0. The molecule has 0 aliphatic carbocycles. The zero-order valence-corrected chi connectivity index (χ0v) is 14.0. The van der Waals surface area contributed by atoms with Gasteiger partial charge in [0.15, 0.2) is 17.4 Å². The number of hydrogen-bond acceptors (Lipinski definition) is 2. The summed E-state index contributed by atoms with van der Waals surface area (Å²) in [6.07, 6.45) is 0. The second-order valence-electron chi connectivity index (χ2n) is 5.17. The Morgan fingerprint density at radius 1 is 0.929 bits per heavy atom. The third-order valence-electron chi connectivity index (χ3n) is 1.91. The lowest BCUT2D eigenvalue weighted by Crippen LogP contribution is -2.47. The zero-order chi connectivity index (χ0) is 11.4. The van der Waals surface area contributed by atoms with Crippen molar-refractivity contribution >= 4 is 25.9 Å². The van der Waals surface area contributed by atoms with E-state index >= 15 is 0 Å². The maximum atomic E-state index is 6.20. The van der Waals surface area contributed by atoms with Gasteiger partial charge in [0.05, 0.1) is 0 Å². The van der Waals surface area contributed by atoms with Crippen LogP contribution in [-0.4, -0.2) is 25.9 Å². The normalized spacial score (nSPS) is 13.7. The maximum absolute atomic E-state index is 6.20. The highest BCUT2D eigenvalue weighted by molar-refractivity contribution is 6.84. The molecule has 0 bridgehead atoms. The largest absolute Gasteiger partial charge is 0.439 e. The zero-order valence-electron chi connectivity index (χ0n) is 10.8. The molecule has 86 valence electrons. The SMILES string of the molecule is CC[SiH](CC)O[Si](C)(C)O[Si](C)(C)C. The third-order valence-corrected chi connectivity index (χ3v) is 11.8. The van der Waals surface area contributed by atoms with E-state index in [1.54, 1.807) is 0 Å². The summed E-state index contributed by atoms with van der Waals surface area (Å²) >= 11 is 0. The second-order valence-corrected chi connectivity index (χ2v) is 16.8. The lowest BCUT2D eigenvalue weighted by atomic mass is 11.0. The van der Waals surface area contributed by atoms with Crippen LogP contribution in [-0.2, 0) is 8.23 Å². The van der Waals surface area contributed by atoms with Gasteiger partial charge in [-0.05, 0) is 44.8 Å². The quantitative estimate of drug-likeness (QED) is 0.673. The highest BCUT2D eigenvalue weighted by Crippen LogP contribution is 2.18. The Kier molecular flexibility index (Phi) is 5.83. The molecule has 0 saturated carbocycles. The minimum atomic E-state index is -1.82. The van der Waals surface area contributed by atoms with E-state index in [2.05, 4.69) is 46.6 Å². The fourth-order valence-electron chi connectivity index (χ4n) is 1.62. The van der Waals surface area contributed by atoms with Crippen molar-refractivity contribution in [3.8, 4) is 0 Å². The summed E-state index contributed by atoms with van der Waals surface area (Å²) < 4.78 is 12.4. The molecule has 0 rings (SSSR count). The van der Waals surface area contributed by atoms with Crippen LogP contribution < -0.4 is 0 Å². The van der Waals surface area contributed by atoms with Crippen LogP contribution in [0.5, 0.6) is 0 Å². The van der Waals surface area contributed by atoms with E-state index < -0.39 is 25.9 Å². The predicted octanol–water partition coefficient (Wildman–Crippen LogP) is 3.32. The minimum absolute atomic E-state index is 0.948. The van der Waals surface area contributed by atoms with Gasteiger partial charge in [0, 0.05) is 0 Å². The molecule has 14 heavy (non-hydrogen) atoms. The molecule has 0 heterocycles. The molecule has 0 N–H and O–H groups in total. The summed E-state index contributed by atoms with van der Waals surface area (Å²) in [6, 6.07) is 2.45. The van der Waals surface area contributed by atoms with Gasteiger partial charge in [0.2, 0.25) is 0 Å². The van der Waals surface area contributed by atoms with Crippen LogP contribution in [0.25, 0.3) is 0 Å². The Morgan fingerprint density at radius 2 is 1.36 bits per heavy atom. The molecule has 0 atom stereocenters. The van der Waals surface area contributed by atoms with E-state index in [0.717, 1.165) is 0 Å². The standard InChI is InChI=1S/C9H26O2Si3/c1-8-12(9-2)10-14(6,7)11-13(3,4)5/h12H,8-9H2,1-7H3. The van der Waals surface area contributed by atoms with Crippen molar-refractivity contribution in [3.05, 3.63) is 0 Å². The fraction of sp³-hybridized carbons (Fsp3) is 1.00. The molecule has 0 aromatic carbocycles. The fourth-order valence-corrected chi connectivity index (χ4v) is 13.3. The Hall–Kier alpha value is 0.571. The highest BCUT2D eigenvalue weighted by Gasteiger charge is 2.33. The predicted molar refractivity (Wildman–Crippen MR) is 71.1 cm³/mol. The average Bonchev–Trinajstić information content (AvgIpc) is 1.95. The molecule has 0 fully saturated rings. The van der Waals surface area contributed by atoms with Gasteiger partial charge >= 0.3 is 8.56 Å². The molecular weight excluding hydrogens is 224 g/mol. The van der Waals surface area contributed by atoms with Gasteiger partial charge in [0.25, 0.3) is 0 Å². The molecular formula is C9H26O2Si3. The minimum Gasteiger partial charge on any atom is -0.439 e. The highest BCUT2D eigenvalue weighted by atomic mass is 28.5. The van der Waals surface area contributed by atoms with Crippen LogP contribution >= 0.6 is 0 Å². The third kappa shape index (κ3) is 6.94. The first-order valence-electron chi connectivity index (χ1n) is 5.58. The molecule has 5 heteroatoms. The topological polar surface area (TPSA) is 18.5 Å². The van der Waals surface area contributed by atoms with Crippen LogP contribution in [0.15, 0.2) is 0 Å². The number of rotatable bonds is 6. The van der Waals surface area contributed by atoms with Crippen LogP contribution in [0.1, 0.15) is 13.8 Å². The monoisotopic (exact) mass is 250 g/mol. The Bertz CT molecular complexity index is 162. The Balaban J connectivity index is 4.18. The Labute approximate surface area is 93.1 Å². The molecule has 0 amide bonds. The van der Waals surface area contributed by atoms with Gasteiger partial charge in [-0.15, -0.1) is 0 Å². The van der Waals surface area contributed by atoms with E-state index in [9.17, 15) is 0 Å². The summed E-state index contributed by atoms with van der Waals surface area (Å²) in [7, 11) is -4.19. The molecule has 0 saturated heterocycles. The van der Waals surface area contributed by atoms with Crippen molar-refractivity contribution in [2.24, 2.45) is 0 Å². The van der Waals surface area contributed by atoms with Gasteiger partial charge in [-0.25, -0.2) is 0 Å². The van der Waals surface area contributed by atoms with Crippen molar-refractivity contribution in [2.75, 3.05) is 0 Å². The molecule has 0 aromatic heterocycles. The smallest absolute Gasteiger partial charge is 0.310 e. The summed E-state index contributed by atoms with van der Waals surface area (Å²) in [5.74, 6) is 0. The number of hydrogen-bond donors (Lipinski definition) is 0. The van der Waals surface area contributed by atoms with Gasteiger partial charge in [-0.1, -0.05) is 13.8 Å². The van der Waals surface area contributed by atoms with E-state index in [1.807, 2.05) is 0 Å². The maximum Gasteiger partial charge on any atom is 0.310 e. The van der Waals surface area contributed by atoms with E-state index in [0.29, 0.717) is 0 Å². The Morgan fingerprint density at radius 3 is 1.64 bits per heavy atom. The van der Waals surface area contributed by atoms with Gasteiger partial charge in [0.1, 0.15) is 0 Å². The summed E-state index contributed by atoms with van der Waals surface area (Å²) in [5.41, 5.74) is 0. The van der Waals surface area contributed by atoms with Crippen LogP contribution in [0.4, 0.5) is 0 Å². The van der Waals surface area contributed by atoms with Crippen LogP contribution in [0.2, 0.25) is 44.8 Å². The van der Waals surface area contributed by atoms with Crippen LogP contribution in [0, 0.1) is 0 Å². The van der Waals surface area contributed by atoms with E-state index in [4.69, 9.17) is 8.23 Å². The van der Waals surface area contributed by atoms with Crippen molar-refractivity contribution < 1.29 is 8.23 Å². The van der Waals surface area contributed by atoms with Crippen molar-refractivity contribution in [1.29, 1.82) is 0 Å². The lowest BCUT2D eigenvalue weighted by Gasteiger charge is -2.33. The molecule has 0 aliphatic rings. The van der Waals surface area contributed by atoms with Crippen LogP contribution in [0.3, 0.4) is 0 Å². The van der Waals surface area contributed by atoms with Crippen molar-refractivity contribution in [3.63, 3.8) is 0 Å². The molecule has 0 spiro atoms. The second kappa shape index (κ2) is 5.60. The first kappa shape index (κ1) is 14.6. The van der Waals surface area contributed by atoms with E-state index in [-0.39, 0.29) is 0 Å². The first-order chi connectivity index (χ1) is 6.20. The summed E-state index contributed by atoms with van der Waals surface area (Å²) in [4.78, 5) is 0. The summed E-state index contributed by atoms with van der Waals surface area (Å²) in [6.45, 7) is 15.6. The van der Waals surface area contributed by atoms with Crippen molar-refractivity contribution in [1.82, 2.24) is 0 Å². The molecule has 0 aliphatic heterocycles. The average molecular weight is 251 g/mol. The van der Waals surface area contributed by atoms with Crippen molar-refractivity contribution in [2.45, 2.75) is 58.7 Å². The molecule has 0 aromatic rings. The lowest BCUT2D eigenvalue weighted by molar-refractivity contribution is 0.400. The van der Waals surface area contributed by atoms with E-state index in [1.165, 1.54) is 12.1 Å². The van der Waals surface area contributed by atoms with Gasteiger partial charge < -0.3 is 8.23 Å². The molecule has 2 nitrogen and oxygen atoms in total. The molecule has 0 radical (unpaired) electrons. The van der Waals surface area contributed by atoms with Gasteiger partial charge in [-0.2, -0.15) is 0 Å². The first-order valence-corrected chi connectivity index (χ1v) is 13.9.